The maximum Gasteiger partial charge on any atom is 0.396 e. The van der Waals surface area contributed by atoms with Gasteiger partial charge in [0, 0.05) is 0 Å². The molecule has 1 N–H and O–H groups in total. The first-order chi connectivity index (χ1) is 5.82. The third-order valence-corrected chi connectivity index (χ3v) is 1.67. The van der Waals surface area contributed by atoms with E-state index in [4.69, 9.17) is 5.11 Å². The van der Waals surface area contributed by atoms with Crippen LogP contribution in [-0.2, 0) is 14.3 Å². The van der Waals surface area contributed by atoms with Crippen LogP contribution in [0.3, 0.4) is 0 Å². The highest BCUT2D eigenvalue weighted by atomic mass is 19.4. The molecule has 7 heteroatoms. The Labute approximate surface area is 70.3 Å². The zero-order valence-corrected chi connectivity index (χ0v) is 6.17. The van der Waals surface area contributed by atoms with Gasteiger partial charge in [-0.15, -0.1) is 0 Å². The van der Waals surface area contributed by atoms with Gasteiger partial charge in [-0.3, -0.25) is 4.79 Å². The monoisotopic (exact) mass is 198 g/mol. The zero-order chi connectivity index (χ0) is 10.2. The predicted molar refractivity (Wildman–Crippen MR) is 31.7 cm³/mol. The number of halogens is 3. The normalized spacial score (nSPS) is 28.7. The number of carboxylic acids is 1. The molecule has 1 saturated heterocycles. The average Bonchev–Trinajstić information content (AvgIpc) is 2.29. The fraction of sp³-hybridized carbons (Fsp3) is 0.667. The van der Waals surface area contributed by atoms with E-state index in [1.54, 1.807) is 0 Å². The molecule has 2 atom stereocenters. The van der Waals surface area contributed by atoms with Crippen molar-refractivity contribution < 1.29 is 32.6 Å². The second kappa shape index (κ2) is 2.90. The van der Waals surface area contributed by atoms with Crippen molar-refractivity contribution in [2.45, 2.75) is 18.7 Å². The Morgan fingerprint density at radius 2 is 2.08 bits per heavy atom. The Kier molecular flexibility index (Phi) is 2.19. The van der Waals surface area contributed by atoms with Crippen LogP contribution >= 0.6 is 0 Å². The molecular formula is C6H5F3O4. The van der Waals surface area contributed by atoms with Crippen molar-refractivity contribution in [1.82, 2.24) is 0 Å². The third kappa shape index (κ3) is 1.90. The van der Waals surface area contributed by atoms with Crippen molar-refractivity contribution in [1.29, 1.82) is 0 Å². The molecule has 0 unspecified atom stereocenters. The van der Waals surface area contributed by atoms with E-state index in [0.29, 0.717) is 0 Å². The highest BCUT2D eigenvalue weighted by molar-refractivity contribution is 5.82. The zero-order valence-electron chi connectivity index (χ0n) is 6.17. The smallest absolute Gasteiger partial charge is 0.396 e. The van der Waals surface area contributed by atoms with Gasteiger partial charge in [-0.25, -0.2) is 4.79 Å². The van der Waals surface area contributed by atoms with Crippen molar-refractivity contribution in [2.75, 3.05) is 0 Å². The van der Waals surface area contributed by atoms with Gasteiger partial charge in [-0.05, 0) is 0 Å². The van der Waals surface area contributed by atoms with E-state index in [9.17, 15) is 22.8 Å². The number of carboxylic acid groups (broad SMARTS) is 1. The third-order valence-electron chi connectivity index (χ3n) is 1.67. The van der Waals surface area contributed by atoms with Crippen molar-refractivity contribution in [3.63, 3.8) is 0 Å². The molecule has 1 aliphatic heterocycles. The van der Waals surface area contributed by atoms with Gasteiger partial charge in [-0.1, -0.05) is 0 Å². The summed E-state index contributed by atoms with van der Waals surface area (Å²) in [6.07, 6.45) is -7.72. The Bertz CT molecular complexity index is 247. The lowest BCUT2D eigenvalue weighted by Gasteiger charge is -2.15. The van der Waals surface area contributed by atoms with Crippen molar-refractivity contribution in [3.05, 3.63) is 0 Å². The average molecular weight is 198 g/mol. The van der Waals surface area contributed by atoms with Gasteiger partial charge in [-0.2, -0.15) is 13.2 Å². The van der Waals surface area contributed by atoms with Crippen LogP contribution in [0.4, 0.5) is 13.2 Å². The Morgan fingerprint density at radius 3 is 2.38 bits per heavy atom. The lowest BCUT2D eigenvalue weighted by atomic mass is 10.0. The largest absolute Gasteiger partial charge is 0.478 e. The van der Waals surface area contributed by atoms with E-state index in [-0.39, 0.29) is 0 Å². The molecule has 1 aliphatic rings. The van der Waals surface area contributed by atoms with Gasteiger partial charge in [0.1, 0.15) is 5.92 Å². The highest BCUT2D eigenvalue weighted by Gasteiger charge is 2.54. The summed E-state index contributed by atoms with van der Waals surface area (Å²) in [7, 11) is 0. The second-order valence-corrected chi connectivity index (χ2v) is 2.60. The van der Waals surface area contributed by atoms with Crippen LogP contribution in [0.15, 0.2) is 0 Å². The summed E-state index contributed by atoms with van der Waals surface area (Å²) >= 11 is 0. The predicted octanol–water partition coefficient (Wildman–Crippen LogP) is 0.565. The van der Waals surface area contributed by atoms with E-state index in [0.717, 1.165) is 0 Å². The number of rotatable bonds is 1. The first kappa shape index (κ1) is 9.82. The summed E-state index contributed by atoms with van der Waals surface area (Å²) in [5.74, 6) is -5.12. The van der Waals surface area contributed by atoms with Gasteiger partial charge in [0.05, 0.1) is 6.42 Å². The number of alkyl halides is 3. The van der Waals surface area contributed by atoms with E-state index < -0.39 is 36.6 Å². The van der Waals surface area contributed by atoms with Gasteiger partial charge in [0.15, 0.2) is 0 Å². The molecule has 1 fully saturated rings. The SMILES string of the molecule is O=C1C[C@H](C(F)(F)F)[C@H](C(=O)O)O1. The standard InChI is InChI=1S/C6H5F3O4/c7-6(8,9)2-1-3(10)13-4(2)5(11)12/h2,4H,1H2,(H,11,12)/t2-,4+/m0/s1. The summed E-state index contributed by atoms with van der Waals surface area (Å²) in [5, 5.41) is 8.29. The number of carbonyl (C=O) groups is 2. The molecule has 1 heterocycles. The molecule has 74 valence electrons. The number of hydrogen-bond acceptors (Lipinski definition) is 3. The molecule has 0 radical (unpaired) electrons. The Balaban J connectivity index is 2.84. The molecule has 1 rings (SSSR count). The molecule has 0 saturated carbocycles. The Morgan fingerprint density at radius 1 is 1.54 bits per heavy atom. The van der Waals surface area contributed by atoms with Crippen LogP contribution in [0, 0.1) is 5.92 Å². The summed E-state index contributed by atoms with van der Waals surface area (Å²) in [5.41, 5.74) is 0. The van der Waals surface area contributed by atoms with Crippen molar-refractivity contribution in [2.24, 2.45) is 5.92 Å². The first-order valence-electron chi connectivity index (χ1n) is 3.31. The summed E-state index contributed by atoms with van der Waals surface area (Å²) in [6.45, 7) is 0. The minimum absolute atomic E-state index is 0.916. The lowest BCUT2D eigenvalue weighted by molar-refractivity contribution is -0.195. The van der Waals surface area contributed by atoms with Gasteiger partial charge in [0.25, 0.3) is 0 Å². The van der Waals surface area contributed by atoms with Crippen LogP contribution < -0.4 is 0 Å². The second-order valence-electron chi connectivity index (χ2n) is 2.60. The number of cyclic esters (lactones) is 1. The summed E-state index contributed by atoms with van der Waals surface area (Å²) in [4.78, 5) is 20.7. The maximum atomic E-state index is 12.0. The Hall–Kier alpha value is -1.27. The number of ether oxygens (including phenoxy) is 1. The van der Waals surface area contributed by atoms with E-state index >= 15 is 0 Å². The molecule has 4 nitrogen and oxygen atoms in total. The van der Waals surface area contributed by atoms with Crippen molar-refractivity contribution >= 4 is 11.9 Å². The molecule has 13 heavy (non-hydrogen) atoms. The molecular weight excluding hydrogens is 193 g/mol. The van der Waals surface area contributed by atoms with Crippen LogP contribution in [0.25, 0.3) is 0 Å². The molecule has 0 spiro atoms. The minimum atomic E-state index is -4.71. The summed E-state index contributed by atoms with van der Waals surface area (Å²) in [6, 6.07) is 0. The minimum Gasteiger partial charge on any atom is -0.478 e. The number of hydrogen-bond donors (Lipinski definition) is 1. The van der Waals surface area contributed by atoms with Gasteiger partial charge in [0.2, 0.25) is 6.10 Å². The van der Waals surface area contributed by atoms with E-state index in [1.807, 2.05) is 0 Å². The number of carbonyl (C=O) groups excluding carboxylic acids is 1. The molecule has 0 bridgehead atoms. The highest BCUT2D eigenvalue weighted by Crippen LogP contribution is 2.37. The van der Waals surface area contributed by atoms with Crippen LogP contribution in [0.2, 0.25) is 0 Å². The molecule has 0 amide bonds. The van der Waals surface area contributed by atoms with Gasteiger partial charge >= 0.3 is 18.1 Å². The number of esters is 1. The van der Waals surface area contributed by atoms with Crippen molar-refractivity contribution in [3.8, 4) is 0 Å². The molecule has 0 aromatic carbocycles. The van der Waals surface area contributed by atoms with Crippen LogP contribution in [-0.4, -0.2) is 29.3 Å². The van der Waals surface area contributed by atoms with E-state index in [2.05, 4.69) is 4.74 Å². The quantitative estimate of drug-likeness (QED) is 0.625. The van der Waals surface area contributed by atoms with Crippen LogP contribution in [0.5, 0.6) is 0 Å². The fourth-order valence-corrected chi connectivity index (χ4v) is 1.07. The maximum absolute atomic E-state index is 12.0. The molecule has 0 aliphatic carbocycles. The lowest BCUT2D eigenvalue weighted by Crippen LogP contribution is -2.35. The van der Waals surface area contributed by atoms with Crippen LogP contribution in [0.1, 0.15) is 6.42 Å². The summed E-state index contributed by atoms with van der Waals surface area (Å²) < 4.78 is 40.2. The molecule has 0 aromatic rings. The van der Waals surface area contributed by atoms with Gasteiger partial charge < -0.3 is 9.84 Å². The van der Waals surface area contributed by atoms with E-state index in [1.165, 1.54) is 0 Å². The number of aliphatic carboxylic acids is 1. The molecule has 0 aromatic heterocycles. The fourth-order valence-electron chi connectivity index (χ4n) is 1.07. The first-order valence-corrected chi connectivity index (χ1v) is 3.31. The topological polar surface area (TPSA) is 63.6 Å².